The van der Waals surface area contributed by atoms with Crippen LogP contribution in [-0.2, 0) is 12.1 Å². The molecule has 3 rings (SSSR count). The van der Waals surface area contributed by atoms with E-state index >= 15 is 0 Å². The molecule has 102 valence electrons. The standard InChI is InChI=1S/C18H19NO/c1-2-12-19-13-15-8-6-7-11-17(15)18(20,14-19)16-9-4-3-5-10-16/h2-11,20H,1,12-14H2. The highest BCUT2D eigenvalue weighted by molar-refractivity contribution is 5.43. The Kier molecular flexibility index (Phi) is 3.43. The van der Waals surface area contributed by atoms with Crippen LogP contribution >= 0.6 is 0 Å². The van der Waals surface area contributed by atoms with Crippen LogP contribution in [0.5, 0.6) is 0 Å². The van der Waals surface area contributed by atoms with Crippen molar-refractivity contribution in [3.8, 4) is 0 Å². The Morgan fingerprint density at radius 2 is 1.80 bits per heavy atom. The van der Waals surface area contributed by atoms with Gasteiger partial charge in [0, 0.05) is 19.6 Å². The van der Waals surface area contributed by atoms with Crippen LogP contribution in [0.3, 0.4) is 0 Å². The van der Waals surface area contributed by atoms with Crippen LogP contribution < -0.4 is 0 Å². The lowest BCUT2D eigenvalue weighted by atomic mass is 9.80. The fourth-order valence-electron chi connectivity index (χ4n) is 3.04. The van der Waals surface area contributed by atoms with Crippen molar-refractivity contribution >= 4 is 0 Å². The minimum absolute atomic E-state index is 0.597. The number of nitrogens with zero attached hydrogens (tertiary/aromatic N) is 1. The molecular formula is C18H19NO. The minimum Gasteiger partial charge on any atom is -0.379 e. The molecule has 0 bridgehead atoms. The van der Waals surface area contributed by atoms with Gasteiger partial charge < -0.3 is 5.11 Å². The quantitative estimate of drug-likeness (QED) is 0.863. The molecule has 0 saturated carbocycles. The topological polar surface area (TPSA) is 23.5 Å². The van der Waals surface area contributed by atoms with E-state index in [4.69, 9.17) is 0 Å². The SMILES string of the molecule is C=CCN1Cc2ccccc2C(O)(c2ccccc2)C1. The number of fused-ring (bicyclic) bond motifs is 1. The van der Waals surface area contributed by atoms with Crippen LogP contribution in [0.4, 0.5) is 0 Å². The summed E-state index contributed by atoms with van der Waals surface area (Å²) in [5.74, 6) is 0. The Hall–Kier alpha value is -1.90. The molecule has 0 aliphatic carbocycles. The number of hydrogen-bond acceptors (Lipinski definition) is 2. The van der Waals surface area contributed by atoms with Crippen molar-refractivity contribution in [3.63, 3.8) is 0 Å². The van der Waals surface area contributed by atoms with E-state index in [-0.39, 0.29) is 0 Å². The van der Waals surface area contributed by atoms with Gasteiger partial charge in [0.2, 0.25) is 0 Å². The average Bonchev–Trinajstić information content (AvgIpc) is 2.49. The van der Waals surface area contributed by atoms with Gasteiger partial charge in [0.15, 0.2) is 0 Å². The zero-order valence-electron chi connectivity index (χ0n) is 11.5. The molecule has 0 fully saturated rings. The highest BCUT2D eigenvalue weighted by Gasteiger charge is 2.38. The number of rotatable bonds is 3. The average molecular weight is 265 g/mol. The smallest absolute Gasteiger partial charge is 0.128 e. The van der Waals surface area contributed by atoms with E-state index in [1.165, 1.54) is 5.56 Å². The van der Waals surface area contributed by atoms with Gasteiger partial charge >= 0.3 is 0 Å². The lowest BCUT2D eigenvalue weighted by molar-refractivity contribution is 0.0229. The third-order valence-electron chi connectivity index (χ3n) is 3.95. The molecule has 1 aliphatic heterocycles. The van der Waals surface area contributed by atoms with Crippen molar-refractivity contribution in [3.05, 3.63) is 83.9 Å². The fourth-order valence-corrected chi connectivity index (χ4v) is 3.04. The van der Waals surface area contributed by atoms with Crippen molar-refractivity contribution in [2.45, 2.75) is 12.1 Å². The molecule has 1 heterocycles. The second-order valence-corrected chi connectivity index (χ2v) is 5.34. The maximum atomic E-state index is 11.3. The molecule has 1 N–H and O–H groups in total. The molecule has 0 amide bonds. The van der Waals surface area contributed by atoms with Crippen LogP contribution in [0, 0.1) is 0 Å². The first-order valence-electron chi connectivity index (χ1n) is 6.93. The maximum Gasteiger partial charge on any atom is 0.128 e. The van der Waals surface area contributed by atoms with Crippen molar-refractivity contribution in [1.29, 1.82) is 0 Å². The first-order chi connectivity index (χ1) is 9.74. The fraction of sp³-hybridized carbons (Fsp3) is 0.222. The van der Waals surface area contributed by atoms with E-state index in [2.05, 4.69) is 17.5 Å². The second kappa shape index (κ2) is 5.23. The predicted molar refractivity (Wildman–Crippen MR) is 81.4 cm³/mol. The van der Waals surface area contributed by atoms with Gasteiger partial charge in [0.25, 0.3) is 0 Å². The largest absolute Gasteiger partial charge is 0.379 e. The summed E-state index contributed by atoms with van der Waals surface area (Å²) < 4.78 is 0. The van der Waals surface area contributed by atoms with E-state index in [0.717, 1.165) is 24.2 Å². The summed E-state index contributed by atoms with van der Waals surface area (Å²) in [5, 5.41) is 11.3. The monoisotopic (exact) mass is 265 g/mol. The van der Waals surface area contributed by atoms with Crippen LogP contribution in [0.2, 0.25) is 0 Å². The molecule has 20 heavy (non-hydrogen) atoms. The minimum atomic E-state index is -0.945. The van der Waals surface area contributed by atoms with Gasteiger partial charge in [-0.15, -0.1) is 6.58 Å². The zero-order chi connectivity index (χ0) is 14.0. The van der Waals surface area contributed by atoms with Crippen molar-refractivity contribution < 1.29 is 5.11 Å². The summed E-state index contributed by atoms with van der Waals surface area (Å²) in [5.41, 5.74) is 2.21. The molecule has 0 spiro atoms. The summed E-state index contributed by atoms with van der Waals surface area (Å²) in [6.07, 6.45) is 1.89. The van der Waals surface area contributed by atoms with Crippen LogP contribution in [0.1, 0.15) is 16.7 Å². The van der Waals surface area contributed by atoms with E-state index < -0.39 is 5.60 Å². The van der Waals surface area contributed by atoms with Gasteiger partial charge in [0.05, 0.1) is 0 Å². The molecule has 0 radical (unpaired) electrons. The van der Waals surface area contributed by atoms with E-state index in [9.17, 15) is 5.11 Å². The van der Waals surface area contributed by atoms with E-state index in [1.807, 2.05) is 54.6 Å². The van der Waals surface area contributed by atoms with Gasteiger partial charge in [-0.2, -0.15) is 0 Å². The number of hydrogen-bond donors (Lipinski definition) is 1. The zero-order valence-corrected chi connectivity index (χ0v) is 11.5. The van der Waals surface area contributed by atoms with Gasteiger partial charge in [0.1, 0.15) is 5.60 Å². The van der Waals surface area contributed by atoms with Crippen LogP contribution in [0.25, 0.3) is 0 Å². The lowest BCUT2D eigenvalue weighted by Crippen LogP contribution is -2.46. The molecule has 0 saturated heterocycles. The summed E-state index contributed by atoms with van der Waals surface area (Å²) >= 11 is 0. The molecule has 0 aromatic heterocycles. The Morgan fingerprint density at radius 3 is 2.55 bits per heavy atom. The Morgan fingerprint density at radius 1 is 1.10 bits per heavy atom. The molecule has 2 aromatic rings. The van der Waals surface area contributed by atoms with Gasteiger partial charge in [-0.1, -0.05) is 60.7 Å². The number of aliphatic hydroxyl groups is 1. The van der Waals surface area contributed by atoms with Crippen LogP contribution in [0.15, 0.2) is 67.3 Å². The third kappa shape index (κ3) is 2.17. The molecule has 2 aromatic carbocycles. The summed E-state index contributed by atoms with van der Waals surface area (Å²) in [6, 6.07) is 18.1. The van der Waals surface area contributed by atoms with Gasteiger partial charge in [-0.3, -0.25) is 4.90 Å². The highest BCUT2D eigenvalue weighted by atomic mass is 16.3. The first kappa shape index (κ1) is 13.1. The molecule has 2 heteroatoms. The Labute approximate surface area is 120 Å². The van der Waals surface area contributed by atoms with Crippen molar-refractivity contribution in [2.24, 2.45) is 0 Å². The first-order valence-corrected chi connectivity index (χ1v) is 6.93. The summed E-state index contributed by atoms with van der Waals surface area (Å²) in [6.45, 7) is 6.04. The molecule has 2 nitrogen and oxygen atoms in total. The summed E-state index contributed by atoms with van der Waals surface area (Å²) in [7, 11) is 0. The Bertz CT molecular complexity index is 608. The van der Waals surface area contributed by atoms with E-state index in [1.54, 1.807) is 0 Å². The molecule has 1 aliphatic rings. The van der Waals surface area contributed by atoms with E-state index in [0.29, 0.717) is 6.54 Å². The summed E-state index contributed by atoms with van der Waals surface area (Å²) in [4.78, 5) is 2.22. The molecule has 1 atom stereocenters. The maximum absolute atomic E-state index is 11.3. The third-order valence-corrected chi connectivity index (χ3v) is 3.95. The van der Waals surface area contributed by atoms with Gasteiger partial charge in [-0.05, 0) is 16.7 Å². The van der Waals surface area contributed by atoms with Crippen molar-refractivity contribution in [1.82, 2.24) is 4.90 Å². The number of benzene rings is 2. The van der Waals surface area contributed by atoms with Crippen LogP contribution in [-0.4, -0.2) is 23.1 Å². The number of β-amino-alcohol motifs (C(OH)–C–C–N with tert-alkyl or cyclic N) is 1. The molecular weight excluding hydrogens is 246 g/mol. The lowest BCUT2D eigenvalue weighted by Gasteiger charge is -2.41. The van der Waals surface area contributed by atoms with Gasteiger partial charge in [-0.25, -0.2) is 0 Å². The Balaban J connectivity index is 2.11. The second-order valence-electron chi connectivity index (χ2n) is 5.34. The predicted octanol–water partition coefficient (Wildman–Crippen LogP) is 2.92. The van der Waals surface area contributed by atoms with Crippen molar-refractivity contribution in [2.75, 3.05) is 13.1 Å². The highest BCUT2D eigenvalue weighted by Crippen LogP contribution is 2.36. The normalized spacial score (nSPS) is 22.2. The molecule has 1 unspecified atom stereocenters.